The Kier molecular flexibility index (Phi) is 8.60. The van der Waals surface area contributed by atoms with Crippen LogP contribution in [-0.4, -0.2) is 25.1 Å². The summed E-state index contributed by atoms with van der Waals surface area (Å²) in [6, 6.07) is 20.7. The third-order valence-electron chi connectivity index (χ3n) is 4.68. The fraction of sp³-hybridized carbons (Fsp3) is 0.160. The van der Waals surface area contributed by atoms with Gasteiger partial charge < -0.3 is 14.8 Å². The van der Waals surface area contributed by atoms with E-state index in [0.29, 0.717) is 23.7 Å². The van der Waals surface area contributed by atoms with Crippen molar-refractivity contribution >= 4 is 34.0 Å². The molecule has 3 rings (SSSR count). The van der Waals surface area contributed by atoms with Crippen molar-refractivity contribution in [1.82, 2.24) is 10.7 Å². The molecular formula is C25H24BrN3O4. The molecule has 0 bridgehead atoms. The van der Waals surface area contributed by atoms with Crippen LogP contribution >= 0.6 is 15.9 Å². The highest BCUT2D eigenvalue weighted by Crippen LogP contribution is 2.31. The van der Waals surface area contributed by atoms with Crippen molar-refractivity contribution in [3.63, 3.8) is 0 Å². The van der Waals surface area contributed by atoms with E-state index in [1.807, 2.05) is 55.5 Å². The molecule has 8 heteroatoms. The third-order valence-corrected chi connectivity index (χ3v) is 5.20. The third kappa shape index (κ3) is 7.18. The van der Waals surface area contributed by atoms with E-state index in [1.54, 1.807) is 25.3 Å². The second kappa shape index (κ2) is 11.8. The first-order valence-electron chi connectivity index (χ1n) is 10.2. The van der Waals surface area contributed by atoms with Gasteiger partial charge in [-0.3, -0.25) is 9.59 Å². The number of methoxy groups -OCH3 is 1. The first-order valence-corrected chi connectivity index (χ1v) is 11.0. The predicted octanol–water partition coefficient (Wildman–Crippen LogP) is 4.11. The Morgan fingerprint density at radius 1 is 0.970 bits per heavy atom. The highest BCUT2D eigenvalue weighted by Gasteiger charge is 2.13. The summed E-state index contributed by atoms with van der Waals surface area (Å²) in [5, 5.41) is 6.47. The Hall–Kier alpha value is -3.65. The summed E-state index contributed by atoms with van der Waals surface area (Å²) >= 11 is 3.41. The molecule has 0 aromatic heterocycles. The zero-order valence-electron chi connectivity index (χ0n) is 18.3. The fourth-order valence-electron chi connectivity index (χ4n) is 2.87. The highest BCUT2D eigenvalue weighted by atomic mass is 79.9. The molecule has 0 fully saturated rings. The van der Waals surface area contributed by atoms with Crippen LogP contribution in [0.3, 0.4) is 0 Å². The summed E-state index contributed by atoms with van der Waals surface area (Å²) in [5.41, 5.74) is 5.82. The van der Waals surface area contributed by atoms with Crippen LogP contribution in [0.15, 0.2) is 76.3 Å². The monoisotopic (exact) mass is 509 g/mol. The minimum absolute atomic E-state index is 0.250. The molecule has 33 heavy (non-hydrogen) atoms. The molecule has 0 spiro atoms. The Labute approximate surface area is 200 Å². The molecule has 0 saturated carbocycles. The van der Waals surface area contributed by atoms with Crippen LogP contribution in [0.1, 0.15) is 22.3 Å². The van der Waals surface area contributed by atoms with E-state index in [1.165, 1.54) is 6.21 Å². The number of nitrogens with zero attached hydrogens (tertiary/aromatic N) is 1. The number of hydrogen-bond donors (Lipinski definition) is 2. The van der Waals surface area contributed by atoms with Crippen LogP contribution in [0.2, 0.25) is 0 Å². The minimum atomic E-state index is -0.862. The van der Waals surface area contributed by atoms with Gasteiger partial charge in [-0.15, -0.1) is 0 Å². The van der Waals surface area contributed by atoms with E-state index in [-0.39, 0.29) is 6.54 Å². The van der Waals surface area contributed by atoms with Crippen LogP contribution in [0.5, 0.6) is 11.5 Å². The van der Waals surface area contributed by atoms with Gasteiger partial charge in [-0.2, -0.15) is 5.10 Å². The van der Waals surface area contributed by atoms with Crippen LogP contribution < -0.4 is 20.2 Å². The molecule has 0 unspecified atom stereocenters. The van der Waals surface area contributed by atoms with Gasteiger partial charge in [0.1, 0.15) is 6.61 Å². The van der Waals surface area contributed by atoms with Gasteiger partial charge in [0.05, 0.1) is 13.3 Å². The lowest BCUT2D eigenvalue weighted by molar-refractivity contribution is -0.139. The lowest BCUT2D eigenvalue weighted by Gasteiger charge is -2.13. The average molecular weight is 510 g/mol. The topological polar surface area (TPSA) is 89.0 Å². The van der Waals surface area contributed by atoms with Crippen LogP contribution in [-0.2, 0) is 22.7 Å². The SMILES string of the molecule is COc1cccc(/C=N\NC(=O)C(=O)NCc2ccc(C)cc2)c1OCc1ccc(Br)cc1. The van der Waals surface area contributed by atoms with Gasteiger partial charge in [-0.25, -0.2) is 5.43 Å². The average Bonchev–Trinajstić information content (AvgIpc) is 2.83. The van der Waals surface area contributed by atoms with Crippen LogP contribution in [0.4, 0.5) is 0 Å². The number of ether oxygens (including phenoxy) is 2. The second-order valence-electron chi connectivity index (χ2n) is 7.16. The van der Waals surface area contributed by atoms with E-state index < -0.39 is 11.8 Å². The van der Waals surface area contributed by atoms with Crippen molar-refractivity contribution in [1.29, 1.82) is 0 Å². The summed E-state index contributed by atoms with van der Waals surface area (Å²) in [5.74, 6) is -0.633. The Morgan fingerprint density at radius 3 is 2.36 bits per heavy atom. The summed E-state index contributed by atoms with van der Waals surface area (Å²) in [7, 11) is 1.54. The van der Waals surface area contributed by atoms with Crippen molar-refractivity contribution < 1.29 is 19.1 Å². The predicted molar refractivity (Wildman–Crippen MR) is 130 cm³/mol. The van der Waals surface area contributed by atoms with Crippen LogP contribution in [0, 0.1) is 6.92 Å². The van der Waals surface area contributed by atoms with E-state index in [0.717, 1.165) is 21.2 Å². The van der Waals surface area contributed by atoms with Crippen molar-refractivity contribution in [3.8, 4) is 11.5 Å². The smallest absolute Gasteiger partial charge is 0.329 e. The molecule has 0 heterocycles. The standard InChI is InChI=1S/C25H24BrN3O4/c1-17-6-8-18(9-7-17)14-27-24(30)25(31)29-28-15-20-4-3-5-22(32-2)23(20)33-16-19-10-12-21(26)13-11-19/h3-13,15H,14,16H2,1-2H3,(H,27,30)(H,29,31)/b28-15-. The van der Waals surface area contributed by atoms with Gasteiger partial charge in [0.2, 0.25) is 0 Å². The number of hydrazone groups is 1. The van der Waals surface area contributed by atoms with Gasteiger partial charge in [-0.1, -0.05) is 64.0 Å². The number of hydrogen-bond acceptors (Lipinski definition) is 5. The molecule has 0 atom stereocenters. The number of halogens is 1. The maximum atomic E-state index is 12.1. The van der Waals surface area contributed by atoms with Crippen molar-refractivity contribution in [2.45, 2.75) is 20.1 Å². The molecule has 3 aromatic rings. The van der Waals surface area contributed by atoms with Gasteiger partial charge in [0.25, 0.3) is 0 Å². The fourth-order valence-corrected chi connectivity index (χ4v) is 3.13. The number of nitrogens with one attached hydrogen (secondary N) is 2. The van der Waals surface area contributed by atoms with Gasteiger partial charge in [0, 0.05) is 16.6 Å². The van der Waals surface area contributed by atoms with E-state index >= 15 is 0 Å². The Bertz CT molecular complexity index is 1130. The summed E-state index contributed by atoms with van der Waals surface area (Å²) in [6.45, 7) is 2.55. The molecule has 7 nitrogen and oxygen atoms in total. The molecule has 0 aliphatic carbocycles. The molecule has 0 saturated heterocycles. The highest BCUT2D eigenvalue weighted by molar-refractivity contribution is 9.10. The first-order chi connectivity index (χ1) is 16.0. The molecule has 170 valence electrons. The molecular weight excluding hydrogens is 486 g/mol. The number of carbonyl (C=O) groups excluding carboxylic acids is 2. The maximum absolute atomic E-state index is 12.1. The largest absolute Gasteiger partial charge is 0.493 e. The zero-order valence-corrected chi connectivity index (χ0v) is 19.9. The van der Waals surface area contributed by atoms with Gasteiger partial charge in [0.15, 0.2) is 11.5 Å². The first kappa shape index (κ1) is 24.0. The Morgan fingerprint density at radius 2 is 1.67 bits per heavy atom. The normalized spacial score (nSPS) is 10.6. The lowest BCUT2D eigenvalue weighted by atomic mass is 10.1. The zero-order chi connectivity index (χ0) is 23.6. The van der Waals surface area contributed by atoms with Crippen molar-refractivity contribution in [3.05, 3.63) is 93.5 Å². The number of rotatable bonds is 8. The number of amides is 2. The number of carbonyl (C=O) groups is 2. The molecule has 0 aliphatic rings. The van der Waals surface area contributed by atoms with Gasteiger partial charge >= 0.3 is 11.8 Å². The quantitative estimate of drug-likeness (QED) is 0.271. The second-order valence-corrected chi connectivity index (χ2v) is 8.08. The minimum Gasteiger partial charge on any atom is -0.493 e. The lowest BCUT2D eigenvalue weighted by Crippen LogP contribution is -2.37. The summed E-state index contributed by atoms with van der Waals surface area (Å²) in [6.07, 6.45) is 1.41. The van der Waals surface area contributed by atoms with Crippen molar-refractivity contribution in [2.75, 3.05) is 7.11 Å². The number of aryl methyl sites for hydroxylation is 1. The van der Waals surface area contributed by atoms with Gasteiger partial charge in [-0.05, 0) is 42.3 Å². The van der Waals surface area contributed by atoms with Crippen molar-refractivity contribution in [2.24, 2.45) is 5.10 Å². The molecule has 0 radical (unpaired) electrons. The molecule has 3 aromatic carbocycles. The van der Waals surface area contributed by atoms with E-state index in [4.69, 9.17) is 9.47 Å². The number of benzene rings is 3. The van der Waals surface area contributed by atoms with E-state index in [2.05, 4.69) is 31.8 Å². The van der Waals surface area contributed by atoms with E-state index in [9.17, 15) is 9.59 Å². The number of para-hydroxylation sites is 1. The summed E-state index contributed by atoms with van der Waals surface area (Å²) < 4.78 is 12.3. The molecule has 2 N–H and O–H groups in total. The summed E-state index contributed by atoms with van der Waals surface area (Å²) in [4.78, 5) is 24.1. The Balaban J connectivity index is 1.59. The molecule has 2 amide bonds. The maximum Gasteiger partial charge on any atom is 0.329 e. The van der Waals surface area contributed by atoms with Crippen LogP contribution in [0.25, 0.3) is 0 Å². The molecule has 0 aliphatic heterocycles.